The van der Waals surface area contributed by atoms with E-state index in [2.05, 4.69) is 0 Å². The van der Waals surface area contributed by atoms with Crippen LogP contribution in [0.4, 0.5) is 24.5 Å². The minimum absolute atomic E-state index is 0.0314. The lowest BCUT2D eigenvalue weighted by Crippen LogP contribution is -2.53. The number of alkyl halides is 3. The third-order valence-electron chi connectivity index (χ3n) is 5.28. The fourth-order valence-corrected chi connectivity index (χ4v) is 4.16. The van der Waals surface area contributed by atoms with Crippen LogP contribution in [0.25, 0.3) is 0 Å². The molecule has 0 radical (unpaired) electrons. The summed E-state index contributed by atoms with van der Waals surface area (Å²) in [5.41, 5.74) is 2.64. The van der Waals surface area contributed by atoms with E-state index in [1.54, 1.807) is 11.9 Å². The minimum atomic E-state index is -4.85. The summed E-state index contributed by atoms with van der Waals surface area (Å²) >= 11 is 0. The van der Waals surface area contributed by atoms with E-state index in [1.165, 1.54) is 0 Å². The van der Waals surface area contributed by atoms with Crippen LogP contribution in [0.5, 0.6) is 0 Å². The number of benzene rings is 1. The van der Waals surface area contributed by atoms with Gasteiger partial charge in [0.25, 0.3) is 0 Å². The molecule has 1 fully saturated rings. The van der Waals surface area contributed by atoms with E-state index in [-0.39, 0.29) is 37.5 Å². The second kappa shape index (κ2) is 4.87. The van der Waals surface area contributed by atoms with Gasteiger partial charge in [0.1, 0.15) is 0 Å². The van der Waals surface area contributed by atoms with Gasteiger partial charge in [-0.05, 0) is 18.1 Å². The van der Waals surface area contributed by atoms with Crippen molar-refractivity contribution in [3.8, 4) is 0 Å². The number of carbonyl (C=O) groups is 2. The van der Waals surface area contributed by atoms with Crippen molar-refractivity contribution >= 4 is 23.2 Å². The van der Waals surface area contributed by atoms with Crippen molar-refractivity contribution < 1.29 is 22.8 Å². The average Bonchev–Trinajstić information content (AvgIpc) is 2.85. The molecule has 2 atom stereocenters. The summed E-state index contributed by atoms with van der Waals surface area (Å²) in [4.78, 5) is 28.3. The minimum Gasteiger partial charge on any atom is -0.357 e. The van der Waals surface area contributed by atoms with Crippen LogP contribution in [0, 0.1) is 0 Å². The molecule has 0 N–H and O–H groups in total. The molecule has 2 amide bonds. The molecule has 24 heavy (non-hydrogen) atoms. The Labute approximate surface area is 136 Å². The van der Waals surface area contributed by atoms with Crippen LogP contribution in [0.3, 0.4) is 0 Å². The number of piperidine rings is 1. The zero-order valence-corrected chi connectivity index (χ0v) is 13.0. The second-order valence-corrected chi connectivity index (χ2v) is 6.51. The summed E-state index contributed by atoms with van der Waals surface area (Å²) in [7, 11) is 1.71. The smallest absolute Gasteiger partial charge is 0.357 e. The van der Waals surface area contributed by atoms with Crippen molar-refractivity contribution in [3.05, 3.63) is 23.8 Å². The number of hydrogen-bond acceptors (Lipinski definition) is 3. The molecular weight excluding hydrogens is 323 g/mol. The predicted molar refractivity (Wildman–Crippen MR) is 81.0 cm³/mol. The van der Waals surface area contributed by atoms with Crippen molar-refractivity contribution in [1.29, 1.82) is 0 Å². The van der Waals surface area contributed by atoms with Crippen LogP contribution < -0.4 is 9.80 Å². The van der Waals surface area contributed by atoms with Crippen LogP contribution >= 0.6 is 0 Å². The molecule has 2 unspecified atom stereocenters. The Kier molecular flexibility index (Phi) is 3.10. The molecule has 1 aromatic rings. The average molecular weight is 339 g/mol. The molecule has 8 heteroatoms. The van der Waals surface area contributed by atoms with Gasteiger partial charge in [-0.25, -0.2) is 0 Å². The molecule has 0 saturated carbocycles. The lowest BCUT2D eigenvalue weighted by molar-refractivity contribution is -0.186. The monoisotopic (exact) mass is 339 g/mol. The summed E-state index contributed by atoms with van der Waals surface area (Å²) in [6.45, 7) is 0.326. The van der Waals surface area contributed by atoms with Crippen LogP contribution in [-0.4, -0.2) is 55.6 Å². The summed E-state index contributed by atoms with van der Waals surface area (Å²) in [5, 5.41) is 0. The second-order valence-electron chi connectivity index (χ2n) is 6.51. The molecule has 1 saturated heterocycles. The van der Waals surface area contributed by atoms with Gasteiger partial charge < -0.3 is 14.7 Å². The highest BCUT2D eigenvalue weighted by atomic mass is 19.4. The van der Waals surface area contributed by atoms with E-state index in [1.807, 2.05) is 23.1 Å². The molecule has 0 aromatic heterocycles. The van der Waals surface area contributed by atoms with Crippen molar-refractivity contribution in [2.45, 2.75) is 24.6 Å². The Hall–Kier alpha value is -2.25. The van der Waals surface area contributed by atoms with Crippen molar-refractivity contribution in [3.63, 3.8) is 0 Å². The fourth-order valence-electron chi connectivity index (χ4n) is 4.16. The van der Waals surface area contributed by atoms with Gasteiger partial charge in [0.2, 0.25) is 5.91 Å². The molecule has 128 valence electrons. The molecule has 5 nitrogen and oxygen atoms in total. The van der Waals surface area contributed by atoms with E-state index >= 15 is 0 Å². The van der Waals surface area contributed by atoms with E-state index < -0.39 is 12.1 Å². The number of hydrogen-bond donors (Lipinski definition) is 0. The normalized spacial score (nSPS) is 25.7. The Morgan fingerprint density at radius 1 is 1.29 bits per heavy atom. The molecule has 1 aromatic carbocycles. The van der Waals surface area contributed by atoms with Crippen molar-refractivity contribution in [1.82, 2.24) is 4.90 Å². The molecule has 3 aliphatic heterocycles. The summed E-state index contributed by atoms with van der Waals surface area (Å²) in [6, 6.07) is 5.52. The van der Waals surface area contributed by atoms with E-state index in [4.69, 9.17) is 0 Å². The molecular formula is C16H16F3N3O2. The lowest BCUT2D eigenvalue weighted by atomic mass is 9.89. The largest absolute Gasteiger partial charge is 0.471 e. The molecule has 3 aliphatic rings. The predicted octanol–water partition coefficient (Wildman–Crippen LogP) is 1.73. The summed E-state index contributed by atoms with van der Waals surface area (Å²) < 4.78 is 38.2. The Morgan fingerprint density at radius 2 is 2.04 bits per heavy atom. The van der Waals surface area contributed by atoms with Crippen LogP contribution in [0.1, 0.15) is 17.9 Å². The van der Waals surface area contributed by atoms with Gasteiger partial charge in [0, 0.05) is 32.1 Å². The van der Waals surface area contributed by atoms with Gasteiger partial charge in [-0.2, -0.15) is 13.2 Å². The number of nitrogens with zero attached hydrogens (tertiary/aromatic N) is 3. The summed E-state index contributed by atoms with van der Waals surface area (Å²) in [6.07, 6.45) is -4.42. The number of rotatable bonds is 0. The van der Waals surface area contributed by atoms with Gasteiger partial charge >= 0.3 is 12.1 Å². The maximum Gasteiger partial charge on any atom is 0.471 e. The number of anilines is 2. The zero-order valence-electron chi connectivity index (χ0n) is 13.0. The molecule has 0 bridgehead atoms. The quantitative estimate of drug-likeness (QED) is 0.723. The van der Waals surface area contributed by atoms with E-state index in [0.29, 0.717) is 6.42 Å². The summed E-state index contributed by atoms with van der Waals surface area (Å²) in [5.74, 6) is -2.01. The lowest BCUT2D eigenvalue weighted by Gasteiger charge is -2.40. The fraction of sp³-hybridized carbons (Fsp3) is 0.500. The Morgan fingerprint density at radius 3 is 2.75 bits per heavy atom. The van der Waals surface area contributed by atoms with Crippen LogP contribution in [-0.2, 0) is 9.59 Å². The highest BCUT2D eigenvalue weighted by molar-refractivity contribution is 6.04. The Balaban J connectivity index is 1.71. The number of para-hydroxylation sites is 1. The molecule has 3 heterocycles. The van der Waals surface area contributed by atoms with Gasteiger partial charge in [-0.1, -0.05) is 12.1 Å². The van der Waals surface area contributed by atoms with Crippen LogP contribution in [0.15, 0.2) is 18.2 Å². The maximum atomic E-state index is 12.7. The van der Waals surface area contributed by atoms with Gasteiger partial charge in [-0.3, -0.25) is 9.59 Å². The Bertz CT molecular complexity index is 734. The SMILES string of the molecule is CN1C(=O)CN2c3c(cccc31)C1CN(C(=O)C(F)(F)F)CCC12. The van der Waals surface area contributed by atoms with E-state index in [9.17, 15) is 22.8 Å². The number of halogens is 3. The third-order valence-corrected chi connectivity index (χ3v) is 5.28. The van der Waals surface area contributed by atoms with Crippen molar-refractivity contribution in [2.75, 3.05) is 36.5 Å². The first-order chi connectivity index (χ1) is 11.3. The number of likely N-dealkylation sites (tertiary alicyclic amines) is 1. The first kappa shape index (κ1) is 15.3. The standard InChI is InChI=1S/C16H16F3N3O2/c1-20-12-4-2-3-9-10-7-21(15(24)16(17,18)19)6-5-11(10)22(14(9)12)8-13(20)23/h2-4,10-11H,5-8H2,1H3. The van der Waals surface area contributed by atoms with Gasteiger partial charge in [-0.15, -0.1) is 0 Å². The van der Waals surface area contributed by atoms with E-state index in [0.717, 1.165) is 21.8 Å². The van der Waals surface area contributed by atoms with Crippen LogP contribution in [0.2, 0.25) is 0 Å². The number of carbonyl (C=O) groups excluding carboxylic acids is 2. The van der Waals surface area contributed by atoms with Crippen molar-refractivity contribution in [2.24, 2.45) is 0 Å². The highest BCUT2D eigenvalue weighted by Gasteiger charge is 2.50. The molecule has 4 rings (SSSR count). The topological polar surface area (TPSA) is 43.9 Å². The zero-order chi connectivity index (χ0) is 17.2. The van der Waals surface area contributed by atoms with Gasteiger partial charge in [0.15, 0.2) is 0 Å². The first-order valence-corrected chi connectivity index (χ1v) is 7.81. The number of amides is 2. The molecule has 0 spiro atoms. The maximum absolute atomic E-state index is 12.7. The number of likely N-dealkylation sites (N-methyl/N-ethyl adjacent to an activating group) is 1. The first-order valence-electron chi connectivity index (χ1n) is 7.81. The third kappa shape index (κ3) is 2.01. The number of fused-ring (bicyclic) bond motifs is 3. The molecule has 0 aliphatic carbocycles. The highest BCUT2D eigenvalue weighted by Crippen LogP contribution is 2.50. The van der Waals surface area contributed by atoms with Gasteiger partial charge in [0.05, 0.1) is 17.9 Å².